The topological polar surface area (TPSA) is 46.4 Å². The lowest BCUT2D eigenvalue weighted by molar-refractivity contribution is 0.0958. The molecular weight excluding hydrogens is 254 g/mol. The number of carbonyl (C=O) groups is 1. The Labute approximate surface area is 106 Å². The summed E-state index contributed by atoms with van der Waals surface area (Å²) in [5.74, 6) is -0.00108. The number of amides is 1. The Kier molecular flexibility index (Phi) is 2.60. The third-order valence-corrected chi connectivity index (χ3v) is 4.27. The average molecular weight is 265 g/mol. The monoisotopic (exact) mass is 265 g/mol. The van der Waals surface area contributed by atoms with Crippen molar-refractivity contribution in [1.29, 1.82) is 0 Å². The van der Waals surface area contributed by atoms with Gasteiger partial charge in [-0.3, -0.25) is 9.20 Å². The van der Waals surface area contributed by atoms with E-state index in [0.717, 1.165) is 33.2 Å². The van der Waals surface area contributed by atoms with Crippen LogP contribution in [0, 0.1) is 0 Å². The van der Waals surface area contributed by atoms with Crippen LogP contribution in [0.1, 0.15) is 23.0 Å². The fourth-order valence-electron chi connectivity index (χ4n) is 1.69. The van der Waals surface area contributed by atoms with E-state index < -0.39 is 0 Å². The first-order valence-corrected chi connectivity index (χ1v) is 7.12. The fourth-order valence-corrected chi connectivity index (χ4v) is 3.40. The number of aromatic nitrogens is 2. The van der Waals surface area contributed by atoms with Gasteiger partial charge in [0.1, 0.15) is 4.83 Å². The molecule has 3 rings (SSSR count). The van der Waals surface area contributed by atoms with Gasteiger partial charge >= 0.3 is 0 Å². The highest BCUT2D eigenvalue weighted by Crippen LogP contribution is 2.28. The normalized spacial score (nSPS) is 11.4. The maximum Gasteiger partial charge on any atom is 0.261 e. The Balaban J connectivity index is 2.01. The van der Waals surface area contributed by atoms with E-state index in [4.69, 9.17) is 0 Å². The van der Waals surface area contributed by atoms with E-state index in [1.807, 2.05) is 29.0 Å². The Morgan fingerprint density at radius 3 is 3.29 bits per heavy atom. The molecular formula is C11H11N3OS2. The zero-order valence-electron chi connectivity index (χ0n) is 9.27. The number of thiophene rings is 1. The second-order valence-corrected chi connectivity index (χ2v) is 5.63. The number of hydrogen-bond donors (Lipinski definition) is 1. The summed E-state index contributed by atoms with van der Waals surface area (Å²) in [5.41, 5.74) is 1.02. The first-order chi connectivity index (χ1) is 8.29. The van der Waals surface area contributed by atoms with Crippen molar-refractivity contribution in [2.75, 3.05) is 6.54 Å². The van der Waals surface area contributed by atoms with Crippen molar-refractivity contribution in [3.8, 4) is 0 Å². The van der Waals surface area contributed by atoms with Crippen LogP contribution < -0.4 is 5.32 Å². The van der Waals surface area contributed by atoms with Crippen molar-refractivity contribution < 1.29 is 4.79 Å². The quantitative estimate of drug-likeness (QED) is 0.791. The van der Waals surface area contributed by atoms with Crippen molar-refractivity contribution in [2.24, 2.45) is 0 Å². The van der Waals surface area contributed by atoms with Gasteiger partial charge in [-0.1, -0.05) is 6.92 Å². The molecule has 0 radical (unpaired) electrons. The van der Waals surface area contributed by atoms with Crippen molar-refractivity contribution >= 4 is 43.9 Å². The van der Waals surface area contributed by atoms with Crippen LogP contribution in [0.2, 0.25) is 0 Å². The number of imidazole rings is 1. The Bertz CT molecular complexity index is 679. The molecule has 0 aromatic carbocycles. The van der Waals surface area contributed by atoms with Crippen LogP contribution in [0.3, 0.4) is 0 Å². The maximum absolute atomic E-state index is 11.8. The molecule has 17 heavy (non-hydrogen) atoms. The van der Waals surface area contributed by atoms with Gasteiger partial charge in [-0.2, -0.15) is 0 Å². The van der Waals surface area contributed by atoms with E-state index in [2.05, 4.69) is 10.3 Å². The van der Waals surface area contributed by atoms with Crippen LogP contribution in [0.15, 0.2) is 17.6 Å². The standard InChI is InChI=1S/C11H11N3OS2/c1-2-3-12-9(15)8-6-7-10(17-8)13-11-14(7)4-5-16-11/h4-6H,2-3H2,1H3,(H,12,15). The van der Waals surface area contributed by atoms with Crippen LogP contribution in [0.25, 0.3) is 15.3 Å². The second-order valence-electron chi connectivity index (χ2n) is 3.72. The number of fused-ring (bicyclic) bond motifs is 3. The lowest BCUT2D eigenvalue weighted by Crippen LogP contribution is -2.22. The molecule has 0 spiro atoms. The van der Waals surface area contributed by atoms with Gasteiger partial charge in [-0.15, -0.1) is 22.7 Å². The van der Waals surface area contributed by atoms with E-state index in [-0.39, 0.29) is 5.91 Å². The summed E-state index contributed by atoms with van der Waals surface area (Å²) in [7, 11) is 0. The number of hydrogen-bond acceptors (Lipinski definition) is 4. The van der Waals surface area contributed by atoms with Gasteiger partial charge in [0.25, 0.3) is 5.91 Å². The zero-order chi connectivity index (χ0) is 11.8. The summed E-state index contributed by atoms with van der Waals surface area (Å²) in [5, 5.41) is 4.87. The molecule has 0 aliphatic heterocycles. The SMILES string of the molecule is CCCNC(=O)c1cc2c(nc3sccn32)s1. The summed E-state index contributed by atoms with van der Waals surface area (Å²) < 4.78 is 2.02. The van der Waals surface area contributed by atoms with Gasteiger partial charge in [0.15, 0.2) is 4.96 Å². The lowest BCUT2D eigenvalue weighted by Gasteiger charge is -1.98. The number of carbonyl (C=O) groups excluding carboxylic acids is 1. The predicted molar refractivity (Wildman–Crippen MR) is 71.1 cm³/mol. The third-order valence-electron chi connectivity index (χ3n) is 2.50. The van der Waals surface area contributed by atoms with E-state index in [9.17, 15) is 4.79 Å². The molecule has 0 atom stereocenters. The molecule has 0 aliphatic rings. The molecule has 0 aliphatic carbocycles. The Morgan fingerprint density at radius 1 is 1.59 bits per heavy atom. The summed E-state index contributed by atoms with van der Waals surface area (Å²) >= 11 is 3.05. The summed E-state index contributed by atoms with van der Waals surface area (Å²) in [4.78, 5) is 18.9. The highest BCUT2D eigenvalue weighted by atomic mass is 32.1. The van der Waals surface area contributed by atoms with Gasteiger partial charge < -0.3 is 5.32 Å². The minimum atomic E-state index is -0.00108. The summed E-state index contributed by atoms with van der Waals surface area (Å²) in [6.45, 7) is 2.76. The summed E-state index contributed by atoms with van der Waals surface area (Å²) in [6, 6.07) is 1.91. The smallest absolute Gasteiger partial charge is 0.261 e. The first kappa shape index (κ1) is 10.7. The van der Waals surface area contributed by atoms with Crippen molar-refractivity contribution in [1.82, 2.24) is 14.7 Å². The highest BCUT2D eigenvalue weighted by Gasteiger charge is 2.14. The van der Waals surface area contributed by atoms with Crippen LogP contribution in [0.4, 0.5) is 0 Å². The average Bonchev–Trinajstić information content (AvgIpc) is 2.95. The predicted octanol–water partition coefficient (Wildman–Crippen LogP) is 2.75. The van der Waals surface area contributed by atoms with Gasteiger partial charge in [-0.25, -0.2) is 4.98 Å². The maximum atomic E-state index is 11.8. The van der Waals surface area contributed by atoms with E-state index >= 15 is 0 Å². The fraction of sp³-hybridized carbons (Fsp3) is 0.273. The lowest BCUT2D eigenvalue weighted by atomic mass is 10.4. The molecule has 6 heteroatoms. The molecule has 0 unspecified atom stereocenters. The van der Waals surface area contributed by atoms with Gasteiger partial charge in [0.05, 0.1) is 10.4 Å². The second kappa shape index (κ2) is 4.12. The highest BCUT2D eigenvalue weighted by molar-refractivity contribution is 7.21. The molecule has 1 amide bonds. The Morgan fingerprint density at radius 2 is 2.47 bits per heavy atom. The molecule has 0 saturated heterocycles. The third kappa shape index (κ3) is 1.73. The van der Waals surface area contributed by atoms with Gasteiger partial charge in [-0.05, 0) is 12.5 Å². The summed E-state index contributed by atoms with van der Waals surface area (Å²) in [6.07, 6.45) is 2.93. The molecule has 3 aromatic rings. The van der Waals surface area contributed by atoms with Crippen molar-refractivity contribution in [2.45, 2.75) is 13.3 Å². The van der Waals surface area contributed by atoms with Crippen LogP contribution in [0.5, 0.6) is 0 Å². The molecule has 0 fully saturated rings. The molecule has 3 heterocycles. The van der Waals surface area contributed by atoms with Gasteiger partial charge in [0, 0.05) is 18.1 Å². The van der Waals surface area contributed by atoms with Gasteiger partial charge in [0.2, 0.25) is 0 Å². The minimum absolute atomic E-state index is 0.00108. The number of rotatable bonds is 3. The van der Waals surface area contributed by atoms with Crippen LogP contribution in [-0.2, 0) is 0 Å². The minimum Gasteiger partial charge on any atom is -0.351 e. The number of nitrogens with one attached hydrogen (secondary N) is 1. The van der Waals surface area contributed by atoms with E-state index in [1.54, 1.807) is 11.3 Å². The molecule has 0 saturated carbocycles. The molecule has 3 aromatic heterocycles. The largest absolute Gasteiger partial charge is 0.351 e. The molecule has 88 valence electrons. The van der Waals surface area contributed by atoms with Crippen LogP contribution in [-0.4, -0.2) is 21.8 Å². The van der Waals surface area contributed by atoms with Crippen molar-refractivity contribution in [3.63, 3.8) is 0 Å². The zero-order valence-corrected chi connectivity index (χ0v) is 10.9. The molecule has 1 N–H and O–H groups in total. The first-order valence-electron chi connectivity index (χ1n) is 5.43. The number of thiazole rings is 1. The van der Waals surface area contributed by atoms with Crippen molar-refractivity contribution in [3.05, 3.63) is 22.5 Å². The molecule has 4 nitrogen and oxygen atoms in total. The number of nitrogens with zero attached hydrogens (tertiary/aromatic N) is 2. The van der Waals surface area contributed by atoms with E-state index in [1.165, 1.54) is 11.3 Å². The van der Waals surface area contributed by atoms with Crippen LogP contribution >= 0.6 is 22.7 Å². The Hall–Kier alpha value is -1.40. The van der Waals surface area contributed by atoms with E-state index in [0.29, 0.717) is 0 Å². The molecule has 0 bridgehead atoms.